The summed E-state index contributed by atoms with van der Waals surface area (Å²) in [6.45, 7) is 6.71. The summed E-state index contributed by atoms with van der Waals surface area (Å²) >= 11 is 0. The van der Waals surface area contributed by atoms with Crippen molar-refractivity contribution in [3.8, 4) is 5.75 Å². The molecule has 0 unspecified atom stereocenters. The number of aliphatic hydroxyl groups excluding tert-OH is 1. The second-order valence-electron chi connectivity index (χ2n) is 9.03. The van der Waals surface area contributed by atoms with Crippen LogP contribution in [0.3, 0.4) is 0 Å². The van der Waals surface area contributed by atoms with E-state index in [4.69, 9.17) is 9.47 Å². The number of benzene rings is 2. The molecule has 2 aliphatic heterocycles. The molecule has 2 aliphatic rings. The quantitative estimate of drug-likeness (QED) is 0.514. The molecule has 2 heterocycles. The second kappa shape index (κ2) is 12.2. The van der Waals surface area contributed by atoms with E-state index in [1.165, 1.54) is 5.56 Å². The molecular weight excluding hydrogens is 432 g/mol. The molecule has 0 bridgehead atoms. The number of nitrogens with one attached hydrogen (secondary N) is 2. The Bertz CT molecular complexity index is 887. The molecule has 2 aromatic rings. The van der Waals surface area contributed by atoms with Gasteiger partial charge in [-0.1, -0.05) is 42.5 Å². The number of methoxy groups -OCH3 is 1. The molecule has 1 amide bonds. The molecule has 184 valence electrons. The average molecular weight is 469 g/mol. The number of hydrogen-bond donors (Lipinski definition) is 3. The highest BCUT2D eigenvalue weighted by Crippen LogP contribution is 2.19. The average Bonchev–Trinajstić information content (AvgIpc) is 3.20. The Morgan fingerprint density at radius 3 is 2.44 bits per heavy atom. The van der Waals surface area contributed by atoms with E-state index in [1.807, 2.05) is 30.3 Å². The van der Waals surface area contributed by atoms with Gasteiger partial charge in [-0.05, 0) is 29.7 Å². The summed E-state index contributed by atoms with van der Waals surface area (Å²) in [7, 11) is 1.64. The molecular formula is C26H36N4O4. The summed E-state index contributed by atoms with van der Waals surface area (Å²) in [6, 6.07) is 18.2. The van der Waals surface area contributed by atoms with Crippen molar-refractivity contribution in [3.05, 3.63) is 65.7 Å². The number of carbonyl (C=O) groups is 1. The normalized spacial score (nSPS) is 23.5. The molecule has 4 rings (SSSR count). The number of piperazine rings is 1. The summed E-state index contributed by atoms with van der Waals surface area (Å²) < 4.78 is 10.8. The van der Waals surface area contributed by atoms with Crippen molar-refractivity contribution in [1.29, 1.82) is 0 Å². The molecule has 2 fully saturated rings. The van der Waals surface area contributed by atoms with E-state index >= 15 is 0 Å². The summed E-state index contributed by atoms with van der Waals surface area (Å²) in [5.74, 6) is 0.799. The van der Waals surface area contributed by atoms with Crippen LogP contribution >= 0.6 is 0 Å². The molecule has 34 heavy (non-hydrogen) atoms. The van der Waals surface area contributed by atoms with Gasteiger partial charge in [0.05, 0.1) is 13.2 Å². The zero-order chi connectivity index (χ0) is 23.8. The van der Waals surface area contributed by atoms with Gasteiger partial charge in [0.1, 0.15) is 18.0 Å². The smallest absolute Gasteiger partial charge is 0.407 e. The Labute approximate surface area is 201 Å². The Kier molecular flexibility index (Phi) is 8.76. The van der Waals surface area contributed by atoms with E-state index in [1.54, 1.807) is 7.11 Å². The minimum atomic E-state index is -0.716. The number of rotatable bonds is 9. The topological polar surface area (TPSA) is 86.3 Å². The molecule has 2 saturated heterocycles. The standard InChI is InChI=1S/C26H36N4O4/c1-33-22-9-7-20(8-10-22)17-23-25(24(31)18-28-23)34-26(32)27-11-12-29-13-15-30(16-14-29)19-21-5-3-2-4-6-21/h2-10,23-25,28,31H,11-19H2,1H3,(H,27,32)/t23-,24+,25+/m1/s1. The van der Waals surface area contributed by atoms with Gasteiger partial charge < -0.3 is 25.2 Å². The van der Waals surface area contributed by atoms with Gasteiger partial charge in [-0.2, -0.15) is 0 Å². The van der Waals surface area contributed by atoms with Gasteiger partial charge in [-0.3, -0.25) is 9.80 Å². The third kappa shape index (κ3) is 6.93. The van der Waals surface area contributed by atoms with Crippen LogP contribution in [-0.4, -0.2) is 92.2 Å². The minimum absolute atomic E-state index is 0.133. The number of ether oxygens (including phenoxy) is 2. The summed E-state index contributed by atoms with van der Waals surface area (Å²) in [4.78, 5) is 17.2. The van der Waals surface area contributed by atoms with Crippen LogP contribution in [-0.2, 0) is 17.7 Å². The lowest BCUT2D eigenvalue weighted by atomic mass is 10.0. The summed E-state index contributed by atoms with van der Waals surface area (Å²) in [5.41, 5.74) is 2.43. The van der Waals surface area contributed by atoms with Gasteiger partial charge in [-0.25, -0.2) is 4.79 Å². The van der Waals surface area contributed by atoms with Crippen LogP contribution in [0.2, 0.25) is 0 Å². The molecule has 3 N–H and O–H groups in total. The number of β-amino-alcohol motifs (C(OH)–C–C–N with tert-alkyl or cyclic N) is 1. The Morgan fingerprint density at radius 1 is 1.03 bits per heavy atom. The van der Waals surface area contributed by atoms with Crippen molar-refractivity contribution >= 4 is 6.09 Å². The number of alkyl carbamates (subject to hydrolysis) is 1. The van der Waals surface area contributed by atoms with Gasteiger partial charge in [0.15, 0.2) is 0 Å². The predicted molar refractivity (Wildman–Crippen MR) is 131 cm³/mol. The molecule has 0 spiro atoms. The first-order chi connectivity index (χ1) is 16.6. The predicted octanol–water partition coefficient (Wildman–Crippen LogP) is 1.48. The third-order valence-electron chi connectivity index (χ3n) is 6.63. The maximum Gasteiger partial charge on any atom is 0.407 e. The molecule has 3 atom stereocenters. The van der Waals surface area contributed by atoms with Gasteiger partial charge >= 0.3 is 6.09 Å². The van der Waals surface area contributed by atoms with Crippen molar-refractivity contribution in [2.45, 2.75) is 31.2 Å². The molecule has 0 aromatic heterocycles. The van der Waals surface area contributed by atoms with Crippen LogP contribution < -0.4 is 15.4 Å². The van der Waals surface area contributed by atoms with Gasteiger partial charge in [-0.15, -0.1) is 0 Å². The van der Waals surface area contributed by atoms with Crippen LogP contribution in [0.4, 0.5) is 4.79 Å². The number of aliphatic hydroxyl groups is 1. The Morgan fingerprint density at radius 2 is 1.74 bits per heavy atom. The van der Waals surface area contributed by atoms with Gasteiger partial charge in [0.2, 0.25) is 0 Å². The first kappa shape index (κ1) is 24.5. The van der Waals surface area contributed by atoms with Crippen molar-refractivity contribution in [2.75, 3.05) is 52.9 Å². The van der Waals surface area contributed by atoms with Crippen LogP contribution in [0.15, 0.2) is 54.6 Å². The first-order valence-electron chi connectivity index (χ1n) is 12.1. The van der Waals surface area contributed by atoms with Crippen LogP contribution in [0, 0.1) is 0 Å². The van der Waals surface area contributed by atoms with Crippen molar-refractivity contribution in [3.63, 3.8) is 0 Å². The van der Waals surface area contributed by atoms with E-state index in [9.17, 15) is 9.90 Å². The zero-order valence-electron chi connectivity index (χ0n) is 19.9. The molecule has 8 heteroatoms. The largest absolute Gasteiger partial charge is 0.497 e. The van der Waals surface area contributed by atoms with Crippen LogP contribution in [0.1, 0.15) is 11.1 Å². The molecule has 0 saturated carbocycles. The van der Waals surface area contributed by atoms with Gasteiger partial charge in [0.25, 0.3) is 0 Å². The highest BCUT2D eigenvalue weighted by atomic mass is 16.6. The number of carbonyl (C=O) groups excluding carboxylic acids is 1. The van der Waals surface area contributed by atoms with Crippen molar-refractivity contribution < 1.29 is 19.4 Å². The fourth-order valence-corrected chi connectivity index (χ4v) is 4.63. The maximum absolute atomic E-state index is 12.4. The monoisotopic (exact) mass is 468 g/mol. The second-order valence-corrected chi connectivity index (χ2v) is 9.03. The van der Waals surface area contributed by atoms with E-state index < -0.39 is 18.3 Å². The highest BCUT2D eigenvalue weighted by molar-refractivity contribution is 5.67. The number of hydrogen-bond acceptors (Lipinski definition) is 7. The Hall–Kier alpha value is -2.65. The lowest BCUT2D eigenvalue weighted by molar-refractivity contribution is 0.0185. The molecule has 0 aliphatic carbocycles. The molecule has 2 aromatic carbocycles. The maximum atomic E-state index is 12.4. The summed E-state index contributed by atoms with van der Waals surface area (Å²) in [5, 5.41) is 16.5. The SMILES string of the molecule is COc1ccc(C[C@H]2NC[C@H](O)[C@H]2OC(=O)NCCN2CCN(Cc3ccccc3)CC2)cc1. The third-order valence-corrected chi connectivity index (χ3v) is 6.63. The lowest BCUT2D eigenvalue weighted by Gasteiger charge is -2.34. The number of amides is 1. The van der Waals surface area contributed by atoms with E-state index in [0.29, 0.717) is 19.5 Å². The first-order valence-corrected chi connectivity index (χ1v) is 12.1. The van der Waals surface area contributed by atoms with Gasteiger partial charge in [0, 0.05) is 52.4 Å². The lowest BCUT2D eigenvalue weighted by Crippen LogP contribution is -2.48. The van der Waals surface area contributed by atoms with Crippen LogP contribution in [0.25, 0.3) is 0 Å². The van der Waals surface area contributed by atoms with Crippen LogP contribution in [0.5, 0.6) is 5.75 Å². The highest BCUT2D eigenvalue weighted by Gasteiger charge is 2.37. The number of nitrogens with zero attached hydrogens (tertiary/aromatic N) is 2. The Balaban J connectivity index is 1.15. The van der Waals surface area contributed by atoms with Crippen molar-refractivity contribution in [2.24, 2.45) is 0 Å². The summed E-state index contributed by atoms with van der Waals surface area (Å²) in [6.07, 6.45) is -1.11. The molecule has 0 radical (unpaired) electrons. The van der Waals surface area contributed by atoms with E-state index in [0.717, 1.165) is 50.6 Å². The fraction of sp³-hybridized carbons (Fsp3) is 0.500. The minimum Gasteiger partial charge on any atom is -0.497 e. The zero-order valence-corrected chi connectivity index (χ0v) is 19.9. The van der Waals surface area contributed by atoms with E-state index in [2.05, 4.69) is 44.7 Å². The van der Waals surface area contributed by atoms with Crippen molar-refractivity contribution in [1.82, 2.24) is 20.4 Å². The fourth-order valence-electron chi connectivity index (χ4n) is 4.63. The molecule has 8 nitrogen and oxygen atoms in total. The van der Waals surface area contributed by atoms with E-state index in [-0.39, 0.29) is 6.04 Å².